The quantitative estimate of drug-likeness (QED) is 0.717. The Bertz CT molecular complexity index is 698. The lowest BCUT2D eigenvalue weighted by Crippen LogP contribution is -2.16. The largest absolute Gasteiger partial charge is 0.312 e. The van der Waals surface area contributed by atoms with Gasteiger partial charge in [0.15, 0.2) is 0 Å². The molecule has 0 amide bonds. The topological polar surface area (TPSA) is 24.9 Å². The number of nitrogens with zero attached hydrogens (tertiary/aromatic N) is 1. The molecule has 0 aliphatic heterocycles. The van der Waals surface area contributed by atoms with Crippen molar-refractivity contribution in [2.75, 3.05) is 6.54 Å². The van der Waals surface area contributed by atoms with Crippen LogP contribution in [0.1, 0.15) is 16.1 Å². The monoisotopic (exact) mass is 282 g/mol. The molecular formula is C17H18N2S. The number of thiazole rings is 1. The van der Waals surface area contributed by atoms with Crippen LogP contribution in [0.4, 0.5) is 0 Å². The fourth-order valence-corrected chi connectivity index (χ4v) is 3.22. The highest BCUT2D eigenvalue weighted by Gasteiger charge is 2.02. The first-order valence-electron chi connectivity index (χ1n) is 6.91. The Balaban J connectivity index is 1.62. The van der Waals surface area contributed by atoms with E-state index >= 15 is 0 Å². The Kier molecular flexibility index (Phi) is 4.09. The van der Waals surface area contributed by atoms with Crippen LogP contribution in [-0.4, -0.2) is 11.5 Å². The Morgan fingerprint density at radius 1 is 1.10 bits per heavy atom. The maximum atomic E-state index is 4.29. The van der Waals surface area contributed by atoms with E-state index in [-0.39, 0.29) is 0 Å². The predicted molar refractivity (Wildman–Crippen MR) is 86.2 cm³/mol. The van der Waals surface area contributed by atoms with E-state index in [4.69, 9.17) is 0 Å². The van der Waals surface area contributed by atoms with Crippen LogP contribution < -0.4 is 5.32 Å². The van der Waals surface area contributed by atoms with Crippen LogP contribution in [0.15, 0.2) is 48.0 Å². The van der Waals surface area contributed by atoms with Gasteiger partial charge in [-0.2, -0.15) is 0 Å². The minimum absolute atomic E-state index is 0.916. The maximum Gasteiger partial charge on any atom is 0.0797 e. The summed E-state index contributed by atoms with van der Waals surface area (Å²) in [5, 5.41) is 6.19. The molecule has 20 heavy (non-hydrogen) atoms. The molecule has 102 valence electrons. The molecule has 0 bridgehead atoms. The van der Waals surface area contributed by atoms with Crippen molar-refractivity contribution in [2.24, 2.45) is 0 Å². The van der Waals surface area contributed by atoms with Gasteiger partial charge in [0.05, 0.1) is 11.2 Å². The predicted octanol–water partition coefficient (Wildman–Crippen LogP) is 3.94. The van der Waals surface area contributed by atoms with Gasteiger partial charge in [-0.25, -0.2) is 4.98 Å². The SMILES string of the molecule is Cc1ncsc1CCNCc1cccc2ccccc12. The summed E-state index contributed by atoms with van der Waals surface area (Å²) in [6.45, 7) is 3.99. The van der Waals surface area contributed by atoms with E-state index in [1.54, 1.807) is 11.3 Å². The Labute approximate surface area is 123 Å². The van der Waals surface area contributed by atoms with Gasteiger partial charge in [0.1, 0.15) is 0 Å². The third kappa shape index (κ3) is 2.89. The molecule has 0 saturated heterocycles. The molecule has 1 aromatic heterocycles. The molecule has 1 heterocycles. The van der Waals surface area contributed by atoms with E-state index in [1.807, 2.05) is 5.51 Å². The summed E-state index contributed by atoms with van der Waals surface area (Å²) in [4.78, 5) is 5.67. The molecule has 0 radical (unpaired) electrons. The molecular weight excluding hydrogens is 264 g/mol. The van der Waals surface area contributed by atoms with Crippen LogP contribution >= 0.6 is 11.3 Å². The van der Waals surface area contributed by atoms with Crippen LogP contribution in [0.25, 0.3) is 10.8 Å². The molecule has 0 atom stereocenters. The van der Waals surface area contributed by atoms with Gasteiger partial charge >= 0.3 is 0 Å². The second kappa shape index (κ2) is 6.16. The zero-order chi connectivity index (χ0) is 13.8. The standard InChI is InChI=1S/C17H18N2S/c1-13-17(20-12-19-13)9-10-18-11-15-7-4-6-14-5-2-3-8-16(14)15/h2-8,12,18H,9-11H2,1H3. The van der Waals surface area contributed by atoms with E-state index in [0.29, 0.717) is 0 Å². The van der Waals surface area contributed by atoms with Gasteiger partial charge in [-0.15, -0.1) is 11.3 Å². The molecule has 3 aromatic rings. The number of aromatic nitrogens is 1. The fourth-order valence-electron chi connectivity index (χ4n) is 2.44. The molecule has 0 saturated carbocycles. The number of aryl methyl sites for hydroxylation is 1. The van der Waals surface area contributed by atoms with Crippen molar-refractivity contribution in [3.05, 3.63) is 64.1 Å². The summed E-state index contributed by atoms with van der Waals surface area (Å²) >= 11 is 1.75. The van der Waals surface area contributed by atoms with Crippen LogP contribution in [0, 0.1) is 6.92 Å². The number of hydrogen-bond donors (Lipinski definition) is 1. The van der Waals surface area contributed by atoms with Gasteiger partial charge < -0.3 is 5.32 Å². The highest BCUT2D eigenvalue weighted by atomic mass is 32.1. The second-order valence-corrected chi connectivity index (χ2v) is 5.87. The average Bonchev–Trinajstić information content (AvgIpc) is 2.89. The van der Waals surface area contributed by atoms with Crippen LogP contribution in [0.2, 0.25) is 0 Å². The van der Waals surface area contributed by atoms with Crippen molar-refractivity contribution in [3.8, 4) is 0 Å². The van der Waals surface area contributed by atoms with Gasteiger partial charge in [0.25, 0.3) is 0 Å². The first-order chi connectivity index (χ1) is 9.84. The van der Waals surface area contributed by atoms with Gasteiger partial charge in [0, 0.05) is 18.0 Å². The zero-order valence-corrected chi connectivity index (χ0v) is 12.4. The third-order valence-electron chi connectivity index (χ3n) is 3.57. The van der Waals surface area contributed by atoms with Gasteiger partial charge in [-0.1, -0.05) is 42.5 Å². The highest BCUT2D eigenvalue weighted by Crippen LogP contribution is 2.18. The summed E-state index contributed by atoms with van der Waals surface area (Å²) in [5.41, 5.74) is 4.46. The molecule has 0 unspecified atom stereocenters. The first kappa shape index (κ1) is 13.3. The molecule has 0 aliphatic carbocycles. The summed E-state index contributed by atoms with van der Waals surface area (Å²) in [5.74, 6) is 0. The van der Waals surface area contributed by atoms with Crippen LogP contribution in [-0.2, 0) is 13.0 Å². The smallest absolute Gasteiger partial charge is 0.0797 e. The first-order valence-corrected chi connectivity index (χ1v) is 7.79. The van der Waals surface area contributed by atoms with Crippen molar-refractivity contribution in [1.82, 2.24) is 10.3 Å². The van der Waals surface area contributed by atoms with Crippen LogP contribution in [0.3, 0.4) is 0 Å². The van der Waals surface area contributed by atoms with Crippen molar-refractivity contribution in [3.63, 3.8) is 0 Å². The van der Waals surface area contributed by atoms with Gasteiger partial charge in [0.2, 0.25) is 0 Å². The molecule has 3 heteroatoms. The van der Waals surface area contributed by atoms with Gasteiger partial charge in [-0.05, 0) is 29.7 Å². The summed E-state index contributed by atoms with van der Waals surface area (Å²) in [6.07, 6.45) is 1.06. The molecule has 3 rings (SSSR count). The molecule has 0 fully saturated rings. The van der Waals surface area contributed by atoms with Gasteiger partial charge in [-0.3, -0.25) is 0 Å². The zero-order valence-electron chi connectivity index (χ0n) is 11.6. The number of benzene rings is 2. The van der Waals surface area contributed by atoms with Crippen molar-refractivity contribution in [2.45, 2.75) is 19.9 Å². The average molecular weight is 282 g/mol. The fraction of sp³-hybridized carbons (Fsp3) is 0.235. The van der Waals surface area contributed by atoms with Crippen molar-refractivity contribution >= 4 is 22.1 Å². The second-order valence-electron chi connectivity index (χ2n) is 4.93. The van der Waals surface area contributed by atoms with E-state index in [1.165, 1.54) is 26.9 Å². The lowest BCUT2D eigenvalue weighted by atomic mass is 10.0. The minimum Gasteiger partial charge on any atom is -0.312 e. The molecule has 2 nitrogen and oxygen atoms in total. The molecule has 0 aliphatic rings. The number of hydrogen-bond acceptors (Lipinski definition) is 3. The number of nitrogens with one attached hydrogen (secondary N) is 1. The Morgan fingerprint density at radius 2 is 1.95 bits per heavy atom. The summed E-state index contributed by atoms with van der Waals surface area (Å²) < 4.78 is 0. The Hall–Kier alpha value is -1.71. The normalized spacial score (nSPS) is 11.1. The molecule has 1 N–H and O–H groups in total. The highest BCUT2D eigenvalue weighted by molar-refractivity contribution is 7.09. The molecule has 0 spiro atoms. The minimum atomic E-state index is 0.916. The van der Waals surface area contributed by atoms with Crippen molar-refractivity contribution in [1.29, 1.82) is 0 Å². The van der Waals surface area contributed by atoms with E-state index < -0.39 is 0 Å². The Morgan fingerprint density at radius 3 is 2.80 bits per heavy atom. The lowest BCUT2D eigenvalue weighted by molar-refractivity contribution is 0.691. The molecule has 2 aromatic carbocycles. The van der Waals surface area contributed by atoms with Crippen LogP contribution in [0.5, 0.6) is 0 Å². The summed E-state index contributed by atoms with van der Waals surface area (Å²) in [6, 6.07) is 15.1. The number of fused-ring (bicyclic) bond motifs is 1. The number of rotatable bonds is 5. The van der Waals surface area contributed by atoms with E-state index in [0.717, 1.165) is 19.5 Å². The van der Waals surface area contributed by atoms with Crippen molar-refractivity contribution < 1.29 is 0 Å². The lowest BCUT2D eigenvalue weighted by Gasteiger charge is -2.08. The van der Waals surface area contributed by atoms with E-state index in [9.17, 15) is 0 Å². The van der Waals surface area contributed by atoms with E-state index in [2.05, 4.69) is 59.7 Å². The maximum absolute atomic E-state index is 4.29. The third-order valence-corrected chi connectivity index (χ3v) is 4.56. The summed E-state index contributed by atoms with van der Waals surface area (Å²) in [7, 11) is 0.